The number of hydrogen-bond donors (Lipinski definition) is 1. The van der Waals surface area contributed by atoms with Crippen LogP contribution >= 0.6 is 0 Å². The monoisotopic (exact) mass is 384 g/mol. The molecule has 152 valence electrons. The molecule has 1 aliphatic heterocycles. The molecule has 2 aromatic heterocycles. The van der Waals surface area contributed by atoms with Crippen molar-refractivity contribution in [2.75, 3.05) is 6.54 Å². The number of carbonyl (C=O) groups is 1. The highest BCUT2D eigenvalue weighted by molar-refractivity contribution is 5.95. The zero-order valence-corrected chi connectivity index (χ0v) is 17.3. The van der Waals surface area contributed by atoms with Crippen LogP contribution in [0.15, 0.2) is 6.20 Å². The molecule has 1 atom stereocenters. The molecular formula is C21H32N6O. The molecule has 7 nitrogen and oxygen atoms in total. The van der Waals surface area contributed by atoms with Crippen LogP contribution in [0.3, 0.4) is 0 Å². The number of aromatic nitrogens is 5. The topological polar surface area (TPSA) is 79.7 Å². The number of nitrogens with one attached hydrogen (secondary N) is 1. The van der Waals surface area contributed by atoms with Crippen LogP contribution in [0.4, 0.5) is 0 Å². The maximum Gasteiger partial charge on any atom is 0.258 e. The number of rotatable bonds is 5. The van der Waals surface area contributed by atoms with Gasteiger partial charge in [-0.15, -0.1) is 0 Å². The van der Waals surface area contributed by atoms with Gasteiger partial charge in [-0.1, -0.05) is 33.1 Å². The Morgan fingerprint density at radius 1 is 1.25 bits per heavy atom. The summed E-state index contributed by atoms with van der Waals surface area (Å²) in [6.07, 6.45) is 9.75. The molecule has 1 aliphatic carbocycles. The van der Waals surface area contributed by atoms with Gasteiger partial charge in [-0.3, -0.25) is 9.89 Å². The molecule has 2 aromatic rings. The van der Waals surface area contributed by atoms with Crippen LogP contribution in [0, 0.1) is 5.92 Å². The second-order valence-electron chi connectivity index (χ2n) is 8.75. The molecule has 4 rings (SSSR count). The standard InChI is InChI=1S/C21H32N6O/c1-14(2)9-10-18-23-20-15(3)26(11-12-27(20)25-18)21(28)17-13-22-24-19(17)16-7-5-4-6-8-16/h13-16H,4-12H2,1-3H3,(H,22,24)/t15-/m1/s1. The summed E-state index contributed by atoms with van der Waals surface area (Å²) in [6, 6.07) is -0.0735. The molecule has 0 aromatic carbocycles. The summed E-state index contributed by atoms with van der Waals surface area (Å²) < 4.78 is 1.99. The van der Waals surface area contributed by atoms with Crippen LogP contribution in [0.2, 0.25) is 0 Å². The third-order valence-electron chi connectivity index (χ3n) is 6.26. The Morgan fingerprint density at radius 3 is 2.79 bits per heavy atom. The minimum atomic E-state index is -0.0735. The average molecular weight is 385 g/mol. The van der Waals surface area contributed by atoms with E-state index in [1.54, 1.807) is 6.20 Å². The van der Waals surface area contributed by atoms with Gasteiger partial charge in [0.2, 0.25) is 0 Å². The molecule has 0 bridgehead atoms. The minimum absolute atomic E-state index is 0.0693. The smallest absolute Gasteiger partial charge is 0.258 e. The molecular weight excluding hydrogens is 352 g/mol. The normalized spacial score (nSPS) is 20.6. The Kier molecular flexibility index (Phi) is 5.51. The van der Waals surface area contributed by atoms with Crippen LogP contribution < -0.4 is 0 Å². The van der Waals surface area contributed by atoms with Crippen LogP contribution in [-0.2, 0) is 13.0 Å². The van der Waals surface area contributed by atoms with Crippen LogP contribution in [0.25, 0.3) is 0 Å². The zero-order valence-electron chi connectivity index (χ0n) is 17.3. The summed E-state index contributed by atoms with van der Waals surface area (Å²) in [4.78, 5) is 20.1. The quantitative estimate of drug-likeness (QED) is 0.849. The molecule has 0 radical (unpaired) electrons. The number of carbonyl (C=O) groups excluding carboxylic acids is 1. The lowest BCUT2D eigenvalue weighted by molar-refractivity contribution is 0.0629. The second-order valence-corrected chi connectivity index (χ2v) is 8.75. The number of fused-ring (bicyclic) bond motifs is 1. The number of aromatic amines is 1. The van der Waals surface area contributed by atoms with E-state index in [0.717, 1.165) is 48.6 Å². The third kappa shape index (κ3) is 3.71. The van der Waals surface area contributed by atoms with E-state index in [9.17, 15) is 4.79 Å². The molecule has 2 aliphatic rings. The SMILES string of the molecule is CC(C)CCc1nc2n(n1)CCN(C(=O)c1cn[nH]c1C1CCCCC1)[C@@H]2C. The number of aryl methyl sites for hydroxylation is 1. The van der Waals surface area contributed by atoms with Crippen molar-refractivity contribution in [1.29, 1.82) is 0 Å². The average Bonchev–Trinajstić information content (AvgIpc) is 3.34. The largest absolute Gasteiger partial charge is 0.327 e. The molecule has 0 unspecified atom stereocenters. The summed E-state index contributed by atoms with van der Waals surface area (Å²) in [5.41, 5.74) is 1.77. The maximum atomic E-state index is 13.4. The van der Waals surface area contributed by atoms with E-state index in [4.69, 9.17) is 4.98 Å². The Labute approximate surface area is 166 Å². The fourth-order valence-electron chi connectivity index (χ4n) is 4.54. The van der Waals surface area contributed by atoms with E-state index in [0.29, 0.717) is 24.9 Å². The fraction of sp³-hybridized carbons (Fsp3) is 0.714. The molecule has 1 saturated carbocycles. The molecule has 3 heterocycles. The molecule has 0 spiro atoms. The summed E-state index contributed by atoms with van der Waals surface area (Å²) in [5.74, 6) is 2.94. The van der Waals surface area contributed by atoms with Crippen molar-refractivity contribution < 1.29 is 4.79 Å². The zero-order chi connectivity index (χ0) is 19.7. The maximum absolute atomic E-state index is 13.4. The second kappa shape index (κ2) is 8.05. The minimum Gasteiger partial charge on any atom is -0.327 e. The lowest BCUT2D eigenvalue weighted by Gasteiger charge is -2.33. The predicted octanol–water partition coefficient (Wildman–Crippen LogP) is 3.85. The van der Waals surface area contributed by atoms with E-state index in [1.807, 2.05) is 9.58 Å². The number of H-pyrrole nitrogens is 1. The Balaban J connectivity index is 1.52. The van der Waals surface area contributed by atoms with Gasteiger partial charge in [0, 0.05) is 18.9 Å². The lowest BCUT2D eigenvalue weighted by atomic mass is 9.85. The summed E-state index contributed by atoms with van der Waals surface area (Å²) in [6.45, 7) is 7.86. The highest BCUT2D eigenvalue weighted by atomic mass is 16.2. The summed E-state index contributed by atoms with van der Waals surface area (Å²) in [7, 11) is 0. The van der Waals surface area contributed by atoms with Crippen molar-refractivity contribution in [3.05, 3.63) is 29.1 Å². The van der Waals surface area contributed by atoms with E-state index in [1.165, 1.54) is 19.3 Å². The van der Waals surface area contributed by atoms with Crippen molar-refractivity contribution in [2.24, 2.45) is 5.92 Å². The Morgan fingerprint density at radius 2 is 2.04 bits per heavy atom. The van der Waals surface area contributed by atoms with Crippen LogP contribution in [0.5, 0.6) is 0 Å². The van der Waals surface area contributed by atoms with Crippen LogP contribution in [-0.4, -0.2) is 42.3 Å². The first kappa shape index (κ1) is 19.2. The van der Waals surface area contributed by atoms with Gasteiger partial charge in [0.25, 0.3) is 5.91 Å². The molecule has 28 heavy (non-hydrogen) atoms. The first-order valence-corrected chi connectivity index (χ1v) is 10.8. The van der Waals surface area contributed by atoms with Gasteiger partial charge in [-0.05, 0) is 32.1 Å². The van der Waals surface area contributed by atoms with Crippen molar-refractivity contribution in [2.45, 2.75) is 84.2 Å². The van der Waals surface area contributed by atoms with Gasteiger partial charge in [-0.2, -0.15) is 10.2 Å². The van der Waals surface area contributed by atoms with Crippen molar-refractivity contribution >= 4 is 5.91 Å². The van der Waals surface area contributed by atoms with Gasteiger partial charge in [0.15, 0.2) is 5.82 Å². The number of nitrogens with zero attached hydrogens (tertiary/aromatic N) is 5. The summed E-state index contributed by atoms with van der Waals surface area (Å²) in [5, 5.41) is 12.0. The lowest BCUT2D eigenvalue weighted by Crippen LogP contribution is -2.41. The van der Waals surface area contributed by atoms with Crippen molar-refractivity contribution in [3.8, 4) is 0 Å². The van der Waals surface area contributed by atoms with Crippen molar-refractivity contribution in [1.82, 2.24) is 29.9 Å². The van der Waals surface area contributed by atoms with Gasteiger partial charge in [0.05, 0.1) is 30.0 Å². The molecule has 0 saturated heterocycles. The summed E-state index contributed by atoms with van der Waals surface area (Å²) >= 11 is 0. The number of hydrogen-bond acceptors (Lipinski definition) is 4. The highest BCUT2D eigenvalue weighted by Crippen LogP contribution is 2.34. The van der Waals surface area contributed by atoms with Crippen molar-refractivity contribution in [3.63, 3.8) is 0 Å². The van der Waals surface area contributed by atoms with E-state index in [-0.39, 0.29) is 11.9 Å². The van der Waals surface area contributed by atoms with Gasteiger partial charge in [0.1, 0.15) is 5.82 Å². The Bertz CT molecular complexity index is 817. The highest BCUT2D eigenvalue weighted by Gasteiger charge is 2.33. The third-order valence-corrected chi connectivity index (χ3v) is 6.26. The molecule has 1 amide bonds. The van der Waals surface area contributed by atoms with E-state index >= 15 is 0 Å². The van der Waals surface area contributed by atoms with Gasteiger partial charge in [-0.25, -0.2) is 9.67 Å². The number of amides is 1. The first-order valence-electron chi connectivity index (χ1n) is 10.8. The van der Waals surface area contributed by atoms with E-state index in [2.05, 4.69) is 36.1 Å². The molecule has 7 heteroatoms. The molecule has 1 fully saturated rings. The van der Waals surface area contributed by atoms with Crippen LogP contribution in [0.1, 0.15) is 99.0 Å². The predicted molar refractivity (Wildman–Crippen MR) is 107 cm³/mol. The van der Waals surface area contributed by atoms with E-state index < -0.39 is 0 Å². The van der Waals surface area contributed by atoms with Gasteiger partial charge >= 0.3 is 0 Å². The fourth-order valence-corrected chi connectivity index (χ4v) is 4.54. The Hall–Kier alpha value is -2.18. The first-order chi connectivity index (χ1) is 13.5. The molecule has 1 N–H and O–H groups in total. The van der Waals surface area contributed by atoms with Gasteiger partial charge < -0.3 is 4.90 Å².